The lowest BCUT2D eigenvalue weighted by atomic mass is 10.1. The van der Waals surface area contributed by atoms with Crippen LogP contribution in [-0.4, -0.2) is 27.0 Å². The van der Waals surface area contributed by atoms with Gasteiger partial charge in [0, 0.05) is 12.1 Å². The average Bonchev–Trinajstić information content (AvgIpc) is 2.34. The van der Waals surface area contributed by atoms with Crippen molar-refractivity contribution < 1.29 is 17.9 Å². The zero-order chi connectivity index (χ0) is 15.6. The first kappa shape index (κ1) is 16.6. The molecule has 1 aromatic carbocycles. The Morgan fingerprint density at radius 3 is 2.40 bits per heavy atom. The molecule has 0 heterocycles. The fourth-order valence-electron chi connectivity index (χ4n) is 1.65. The Labute approximate surface area is 119 Å². The zero-order valence-electron chi connectivity index (χ0n) is 12.1. The first-order chi connectivity index (χ1) is 9.10. The largest absolute Gasteiger partial charge is 0.465 e. The SMILES string of the molecule is COC(=O)c1ccc(CN)cc1S(=O)(=O)NC(C)(C)C. The van der Waals surface area contributed by atoms with E-state index in [1.165, 1.54) is 19.2 Å². The second-order valence-electron chi connectivity index (χ2n) is 5.38. The maximum absolute atomic E-state index is 12.4. The van der Waals surface area contributed by atoms with Gasteiger partial charge >= 0.3 is 5.97 Å². The molecule has 1 aromatic rings. The van der Waals surface area contributed by atoms with E-state index in [4.69, 9.17) is 5.73 Å². The van der Waals surface area contributed by atoms with Gasteiger partial charge in [0.15, 0.2) is 0 Å². The molecule has 6 nitrogen and oxygen atoms in total. The summed E-state index contributed by atoms with van der Waals surface area (Å²) in [5.74, 6) is -0.706. The zero-order valence-corrected chi connectivity index (χ0v) is 12.9. The van der Waals surface area contributed by atoms with Crippen LogP contribution in [0, 0.1) is 0 Å². The maximum atomic E-state index is 12.4. The third-order valence-electron chi connectivity index (χ3n) is 2.42. The monoisotopic (exact) mass is 300 g/mol. The summed E-state index contributed by atoms with van der Waals surface area (Å²) < 4.78 is 31.9. The molecule has 0 aliphatic rings. The molecule has 0 radical (unpaired) electrons. The Bertz CT molecular complexity index is 603. The number of benzene rings is 1. The molecule has 0 aromatic heterocycles. The lowest BCUT2D eigenvalue weighted by Gasteiger charge is -2.21. The van der Waals surface area contributed by atoms with Crippen molar-refractivity contribution in [3.63, 3.8) is 0 Å². The van der Waals surface area contributed by atoms with Gasteiger partial charge in [0.1, 0.15) is 0 Å². The van der Waals surface area contributed by atoms with Crippen molar-refractivity contribution in [1.82, 2.24) is 4.72 Å². The van der Waals surface area contributed by atoms with E-state index in [2.05, 4.69) is 9.46 Å². The van der Waals surface area contributed by atoms with Gasteiger partial charge in [-0.15, -0.1) is 0 Å². The molecule has 0 saturated heterocycles. The molecule has 0 amide bonds. The van der Waals surface area contributed by atoms with E-state index in [0.717, 1.165) is 0 Å². The summed E-state index contributed by atoms with van der Waals surface area (Å²) in [5.41, 5.74) is 5.46. The molecule has 7 heteroatoms. The van der Waals surface area contributed by atoms with Crippen LogP contribution in [-0.2, 0) is 21.3 Å². The lowest BCUT2D eigenvalue weighted by molar-refractivity contribution is 0.0596. The molecule has 0 unspecified atom stereocenters. The van der Waals surface area contributed by atoms with Gasteiger partial charge in [-0.1, -0.05) is 6.07 Å². The van der Waals surface area contributed by atoms with Gasteiger partial charge in [-0.25, -0.2) is 17.9 Å². The Morgan fingerprint density at radius 1 is 1.35 bits per heavy atom. The van der Waals surface area contributed by atoms with E-state index in [1.807, 2.05) is 0 Å². The molecule has 0 bridgehead atoms. The minimum absolute atomic E-state index is 0.0125. The molecular formula is C13H20N2O4S. The van der Waals surface area contributed by atoms with Crippen LogP contribution in [0.15, 0.2) is 23.1 Å². The summed E-state index contributed by atoms with van der Waals surface area (Å²) in [6, 6.07) is 4.40. The van der Waals surface area contributed by atoms with Gasteiger partial charge in [0.2, 0.25) is 10.0 Å². The minimum Gasteiger partial charge on any atom is -0.465 e. The van der Waals surface area contributed by atoms with Crippen molar-refractivity contribution in [1.29, 1.82) is 0 Å². The van der Waals surface area contributed by atoms with Gasteiger partial charge in [0.05, 0.1) is 17.6 Å². The van der Waals surface area contributed by atoms with Crippen LogP contribution < -0.4 is 10.5 Å². The van der Waals surface area contributed by atoms with E-state index >= 15 is 0 Å². The number of hydrogen-bond donors (Lipinski definition) is 2. The number of ether oxygens (including phenoxy) is 1. The van der Waals surface area contributed by atoms with Crippen molar-refractivity contribution in [3.8, 4) is 0 Å². The highest BCUT2D eigenvalue weighted by molar-refractivity contribution is 7.89. The van der Waals surface area contributed by atoms with Gasteiger partial charge in [-0.05, 0) is 38.5 Å². The second kappa shape index (κ2) is 5.90. The number of rotatable bonds is 4. The quantitative estimate of drug-likeness (QED) is 0.809. The highest BCUT2D eigenvalue weighted by Crippen LogP contribution is 2.20. The van der Waals surface area contributed by atoms with Crippen molar-refractivity contribution >= 4 is 16.0 Å². The van der Waals surface area contributed by atoms with Crippen molar-refractivity contribution in [2.24, 2.45) is 5.73 Å². The van der Waals surface area contributed by atoms with E-state index in [-0.39, 0.29) is 17.0 Å². The number of nitrogens with two attached hydrogens (primary N) is 1. The Hall–Kier alpha value is -1.44. The second-order valence-corrected chi connectivity index (χ2v) is 7.03. The van der Waals surface area contributed by atoms with Gasteiger partial charge < -0.3 is 10.5 Å². The average molecular weight is 300 g/mol. The highest BCUT2D eigenvalue weighted by Gasteiger charge is 2.27. The molecule has 0 aliphatic carbocycles. The number of hydrogen-bond acceptors (Lipinski definition) is 5. The van der Waals surface area contributed by atoms with Crippen molar-refractivity contribution in [3.05, 3.63) is 29.3 Å². The standard InChI is InChI=1S/C13H20N2O4S/c1-13(2,3)15-20(17,18)11-7-9(8-14)5-6-10(11)12(16)19-4/h5-7,15H,8,14H2,1-4H3. The lowest BCUT2D eigenvalue weighted by Crippen LogP contribution is -2.41. The van der Waals surface area contributed by atoms with Crippen LogP contribution >= 0.6 is 0 Å². The Kier molecular flexibility index (Phi) is 4.90. The summed E-state index contributed by atoms with van der Waals surface area (Å²) in [6.45, 7) is 5.33. The van der Waals surface area contributed by atoms with Gasteiger partial charge in [-0.2, -0.15) is 0 Å². The number of methoxy groups -OCH3 is 1. The van der Waals surface area contributed by atoms with Crippen LogP contribution in [0.1, 0.15) is 36.7 Å². The van der Waals surface area contributed by atoms with Crippen LogP contribution in [0.3, 0.4) is 0 Å². The number of esters is 1. The van der Waals surface area contributed by atoms with E-state index < -0.39 is 21.5 Å². The number of sulfonamides is 1. The van der Waals surface area contributed by atoms with Crippen LogP contribution in [0.4, 0.5) is 0 Å². The van der Waals surface area contributed by atoms with Gasteiger partial charge in [0.25, 0.3) is 0 Å². The molecule has 0 atom stereocenters. The fraction of sp³-hybridized carbons (Fsp3) is 0.462. The summed E-state index contributed by atoms with van der Waals surface area (Å²) in [4.78, 5) is 11.6. The summed E-state index contributed by atoms with van der Waals surface area (Å²) in [7, 11) is -2.64. The van der Waals surface area contributed by atoms with Crippen LogP contribution in [0.2, 0.25) is 0 Å². The Morgan fingerprint density at radius 2 is 1.95 bits per heavy atom. The third-order valence-corrected chi connectivity index (χ3v) is 4.21. The predicted molar refractivity (Wildman–Crippen MR) is 75.7 cm³/mol. The fourth-order valence-corrected chi connectivity index (χ4v) is 3.32. The molecule has 112 valence electrons. The normalized spacial score (nSPS) is 12.2. The van der Waals surface area contributed by atoms with E-state index in [9.17, 15) is 13.2 Å². The number of carbonyl (C=O) groups excluding carboxylic acids is 1. The molecule has 0 saturated carbocycles. The summed E-state index contributed by atoms with van der Waals surface area (Å²) in [6.07, 6.45) is 0. The predicted octanol–water partition coefficient (Wildman–Crippen LogP) is 1.01. The summed E-state index contributed by atoms with van der Waals surface area (Å²) >= 11 is 0. The van der Waals surface area contributed by atoms with Gasteiger partial charge in [-0.3, -0.25) is 0 Å². The smallest absolute Gasteiger partial charge is 0.339 e. The molecular weight excluding hydrogens is 280 g/mol. The third kappa shape index (κ3) is 4.03. The molecule has 3 N–H and O–H groups in total. The molecule has 0 fully saturated rings. The van der Waals surface area contributed by atoms with E-state index in [0.29, 0.717) is 5.56 Å². The number of carbonyl (C=O) groups is 1. The highest BCUT2D eigenvalue weighted by atomic mass is 32.2. The molecule has 0 aliphatic heterocycles. The first-order valence-electron chi connectivity index (χ1n) is 6.06. The van der Waals surface area contributed by atoms with Crippen molar-refractivity contribution in [2.45, 2.75) is 37.8 Å². The molecule has 20 heavy (non-hydrogen) atoms. The summed E-state index contributed by atoms with van der Waals surface area (Å²) in [5, 5.41) is 0. The van der Waals surface area contributed by atoms with Crippen LogP contribution in [0.5, 0.6) is 0 Å². The molecule has 1 rings (SSSR count). The first-order valence-corrected chi connectivity index (χ1v) is 7.54. The topological polar surface area (TPSA) is 98.5 Å². The van der Waals surface area contributed by atoms with Crippen LogP contribution in [0.25, 0.3) is 0 Å². The maximum Gasteiger partial charge on any atom is 0.339 e. The Balaban J connectivity index is 3.43. The minimum atomic E-state index is -3.84. The van der Waals surface area contributed by atoms with E-state index in [1.54, 1.807) is 26.8 Å². The van der Waals surface area contributed by atoms with Crippen molar-refractivity contribution in [2.75, 3.05) is 7.11 Å². The number of nitrogens with one attached hydrogen (secondary N) is 1. The molecule has 0 spiro atoms.